The van der Waals surface area contributed by atoms with Gasteiger partial charge >= 0.3 is 39.5 Å². The highest BCUT2D eigenvalue weighted by Gasteiger charge is 2.30. The van der Waals surface area contributed by atoms with Gasteiger partial charge in [0.25, 0.3) is 0 Å². The van der Waals surface area contributed by atoms with Crippen LogP contribution in [-0.2, 0) is 65.4 Å². The Labute approximate surface area is 600 Å². The van der Waals surface area contributed by atoms with Gasteiger partial charge in [0.1, 0.15) is 19.3 Å². The lowest BCUT2D eigenvalue weighted by Crippen LogP contribution is -2.30. The lowest BCUT2D eigenvalue weighted by Gasteiger charge is -2.21. The fourth-order valence-electron chi connectivity index (χ4n) is 12.3. The third-order valence-corrected chi connectivity index (χ3v) is 20.5. The second-order valence-electron chi connectivity index (χ2n) is 28.5. The van der Waals surface area contributed by atoms with Gasteiger partial charge in [-0.15, -0.1) is 0 Å². The zero-order valence-corrected chi connectivity index (χ0v) is 65.6. The predicted molar refractivity (Wildman–Crippen MR) is 400 cm³/mol. The third kappa shape index (κ3) is 72.4. The minimum Gasteiger partial charge on any atom is -0.462 e. The summed E-state index contributed by atoms with van der Waals surface area (Å²) in [5.74, 6) is -2.11. The third-order valence-electron chi connectivity index (χ3n) is 18.6. The van der Waals surface area contributed by atoms with Crippen molar-refractivity contribution in [3.8, 4) is 0 Å². The number of esters is 4. The van der Waals surface area contributed by atoms with Crippen LogP contribution in [0.4, 0.5) is 0 Å². The van der Waals surface area contributed by atoms with Gasteiger partial charge in [-0.3, -0.25) is 37.3 Å². The van der Waals surface area contributed by atoms with Gasteiger partial charge in [0.05, 0.1) is 26.4 Å². The van der Waals surface area contributed by atoms with E-state index in [1.165, 1.54) is 257 Å². The Morgan fingerprint density at radius 2 is 0.408 bits per heavy atom. The Balaban J connectivity index is 5.21. The largest absolute Gasteiger partial charge is 0.472 e. The monoisotopic (exact) mass is 1440 g/mol. The van der Waals surface area contributed by atoms with Crippen molar-refractivity contribution >= 4 is 39.5 Å². The van der Waals surface area contributed by atoms with Crippen molar-refractivity contribution < 1.29 is 80.2 Å². The lowest BCUT2D eigenvalue weighted by molar-refractivity contribution is -0.161. The summed E-state index contributed by atoms with van der Waals surface area (Å²) < 4.78 is 68.6. The van der Waals surface area contributed by atoms with E-state index in [0.29, 0.717) is 25.7 Å². The van der Waals surface area contributed by atoms with E-state index in [-0.39, 0.29) is 25.7 Å². The van der Waals surface area contributed by atoms with Gasteiger partial charge in [-0.05, 0) is 25.7 Å². The van der Waals surface area contributed by atoms with Crippen LogP contribution < -0.4 is 0 Å². The van der Waals surface area contributed by atoms with Crippen LogP contribution >= 0.6 is 15.6 Å². The van der Waals surface area contributed by atoms with E-state index in [0.717, 1.165) is 89.9 Å². The minimum atomic E-state index is -4.96. The Hall–Kier alpha value is -1.94. The number of aliphatic hydroxyl groups excluding tert-OH is 1. The highest BCUT2D eigenvalue weighted by molar-refractivity contribution is 7.47. The summed E-state index contributed by atoms with van der Waals surface area (Å²) in [5, 5.41) is 10.6. The Bertz CT molecular complexity index is 1860. The van der Waals surface area contributed by atoms with E-state index >= 15 is 0 Å². The van der Waals surface area contributed by atoms with Crippen molar-refractivity contribution in [3.63, 3.8) is 0 Å². The van der Waals surface area contributed by atoms with Crippen LogP contribution in [-0.4, -0.2) is 96.7 Å². The fraction of sp³-hybridized carbons (Fsp3) is 0.949. The number of phosphoric acid groups is 2. The molecule has 0 heterocycles. The van der Waals surface area contributed by atoms with Gasteiger partial charge in [0.2, 0.25) is 0 Å². The van der Waals surface area contributed by atoms with Crippen molar-refractivity contribution in [1.29, 1.82) is 0 Å². The molecular formula is C79H154O17P2. The quantitative estimate of drug-likeness (QED) is 0.0222. The van der Waals surface area contributed by atoms with Crippen molar-refractivity contribution in [2.24, 2.45) is 0 Å². The number of phosphoric ester groups is 2. The van der Waals surface area contributed by atoms with Crippen molar-refractivity contribution in [2.75, 3.05) is 39.6 Å². The molecule has 0 spiro atoms. The number of rotatable bonds is 80. The van der Waals surface area contributed by atoms with Crippen LogP contribution in [0.3, 0.4) is 0 Å². The van der Waals surface area contributed by atoms with Gasteiger partial charge < -0.3 is 33.8 Å². The number of carbonyl (C=O) groups excluding carboxylic acids is 4. The normalized spacial score (nSPS) is 13.8. The van der Waals surface area contributed by atoms with Crippen LogP contribution in [0, 0.1) is 0 Å². The van der Waals surface area contributed by atoms with Crippen molar-refractivity contribution in [3.05, 3.63) is 0 Å². The summed E-state index contributed by atoms with van der Waals surface area (Å²) >= 11 is 0. The molecule has 2 unspecified atom stereocenters. The van der Waals surface area contributed by atoms with Crippen molar-refractivity contribution in [2.45, 2.75) is 444 Å². The number of ether oxygens (including phenoxy) is 4. The topological polar surface area (TPSA) is 237 Å². The van der Waals surface area contributed by atoms with E-state index < -0.39 is 97.5 Å². The average molecular weight is 1440 g/mol. The minimum absolute atomic E-state index is 0.108. The maximum Gasteiger partial charge on any atom is 0.472 e. The first-order chi connectivity index (χ1) is 47.7. The molecule has 0 aromatic rings. The zero-order chi connectivity index (χ0) is 71.8. The first kappa shape index (κ1) is 96.1. The summed E-state index contributed by atoms with van der Waals surface area (Å²) in [6.45, 7) is 5.00. The van der Waals surface area contributed by atoms with Gasteiger partial charge in [0, 0.05) is 25.7 Å². The summed E-state index contributed by atoms with van der Waals surface area (Å²) in [7, 11) is -9.91. The van der Waals surface area contributed by atoms with Crippen LogP contribution in [0.25, 0.3) is 0 Å². The summed E-state index contributed by atoms with van der Waals surface area (Å²) in [6, 6.07) is 0. The number of hydrogen-bond acceptors (Lipinski definition) is 15. The molecule has 0 aromatic carbocycles. The molecule has 3 N–H and O–H groups in total. The SMILES string of the molecule is CCCCCCCCCCCCCCCCCCCCCC(=O)O[C@H](COC(=O)CCCCCCCCCCCCCCCCCCCC)COP(=O)(O)OC[C@@H](O)COP(=O)(O)OC[C@@H](COC(=O)CCCCCCCCCCCC)OC(=O)CCCCCCCCCCCCC. The first-order valence-electron chi connectivity index (χ1n) is 41.3. The number of unbranched alkanes of at least 4 members (excludes halogenated alkanes) is 54. The molecule has 0 rings (SSSR count). The summed E-state index contributed by atoms with van der Waals surface area (Å²) in [6.07, 6.45) is 65.2. The predicted octanol–water partition coefficient (Wildman–Crippen LogP) is 23.8. The van der Waals surface area contributed by atoms with E-state index in [4.69, 9.17) is 37.0 Å². The second kappa shape index (κ2) is 73.4. The molecule has 0 bridgehead atoms. The van der Waals surface area contributed by atoms with Crippen LogP contribution in [0.1, 0.15) is 426 Å². The molecule has 0 amide bonds. The fourth-order valence-corrected chi connectivity index (χ4v) is 13.9. The van der Waals surface area contributed by atoms with E-state index in [9.17, 15) is 43.2 Å². The molecule has 0 aliphatic rings. The number of aliphatic hydroxyl groups is 1. The van der Waals surface area contributed by atoms with Gasteiger partial charge in [-0.1, -0.05) is 374 Å². The van der Waals surface area contributed by atoms with E-state index in [2.05, 4.69) is 27.7 Å². The molecule has 0 aliphatic carbocycles. The molecule has 0 radical (unpaired) electrons. The zero-order valence-electron chi connectivity index (χ0n) is 63.8. The van der Waals surface area contributed by atoms with Crippen molar-refractivity contribution in [1.82, 2.24) is 0 Å². The van der Waals surface area contributed by atoms with E-state index in [1.54, 1.807) is 0 Å². The van der Waals surface area contributed by atoms with Gasteiger partial charge in [0.15, 0.2) is 12.2 Å². The van der Waals surface area contributed by atoms with E-state index in [1.807, 2.05) is 0 Å². The van der Waals surface area contributed by atoms with Crippen LogP contribution in [0.2, 0.25) is 0 Å². The Kier molecular flexibility index (Phi) is 71.9. The number of carbonyl (C=O) groups is 4. The molecule has 17 nitrogen and oxygen atoms in total. The molecule has 98 heavy (non-hydrogen) atoms. The summed E-state index contributed by atoms with van der Waals surface area (Å²) in [4.78, 5) is 72.9. The second-order valence-corrected chi connectivity index (χ2v) is 31.4. The molecule has 0 aromatic heterocycles. The Morgan fingerprint density at radius 3 is 0.602 bits per heavy atom. The molecule has 582 valence electrons. The smallest absolute Gasteiger partial charge is 0.462 e. The standard InChI is InChI=1S/C79H154O17P2/c1-5-9-13-17-21-25-29-31-33-35-37-39-41-43-46-50-54-58-62-66-79(84)96-75(70-90-77(82)64-60-56-52-48-45-42-40-38-36-34-32-30-26-22-18-14-10-6-2)72-94-98(87,88)92-68-73(80)67-91-97(85,86)93-71-74(69-89-76(81)63-59-55-51-47-28-24-20-16-12-8-4)95-78(83)65-61-57-53-49-44-27-23-19-15-11-7-3/h73-75,80H,5-72H2,1-4H3,(H,85,86)(H,87,88)/t73-,74+,75+/m0/s1. The molecule has 0 fully saturated rings. The molecule has 0 aliphatic heterocycles. The average Bonchev–Trinajstić information content (AvgIpc) is 1.17. The molecule has 5 atom stereocenters. The first-order valence-corrected chi connectivity index (χ1v) is 44.3. The molecular weight excluding hydrogens is 1280 g/mol. The highest BCUT2D eigenvalue weighted by Crippen LogP contribution is 2.45. The number of hydrogen-bond donors (Lipinski definition) is 3. The molecule has 19 heteroatoms. The van der Waals surface area contributed by atoms with Crippen LogP contribution in [0.15, 0.2) is 0 Å². The molecule has 0 saturated heterocycles. The van der Waals surface area contributed by atoms with Gasteiger partial charge in [-0.25, -0.2) is 9.13 Å². The van der Waals surface area contributed by atoms with Gasteiger partial charge in [-0.2, -0.15) is 0 Å². The summed E-state index contributed by atoms with van der Waals surface area (Å²) in [5.41, 5.74) is 0. The maximum atomic E-state index is 13.1. The van der Waals surface area contributed by atoms with Crippen LogP contribution in [0.5, 0.6) is 0 Å². The highest BCUT2D eigenvalue weighted by atomic mass is 31.2. The molecule has 0 saturated carbocycles. The maximum absolute atomic E-state index is 13.1. The lowest BCUT2D eigenvalue weighted by atomic mass is 10.0. The Morgan fingerprint density at radius 1 is 0.245 bits per heavy atom.